The Labute approximate surface area is 107 Å². The zero-order chi connectivity index (χ0) is 12.3. The van der Waals surface area contributed by atoms with Crippen LogP contribution in [0.2, 0.25) is 5.02 Å². The number of aliphatic hydroxyl groups is 1. The minimum Gasteiger partial charge on any atom is -0.386 e. The van der Waals surface area contributed by atoms with Gasteiger partial charge in [-0.3, -0.25) is 4.68 Å². The maximum absolute atomic E-state index is 10.4. The second-order valence-corrected chi connectivity index (χ2v) is 4.90. The lowest BCUT2D eigenvalue weighted by atomic mass is 9.92. The van der Waals surface area contributed by atoms with E-state index in [4.69, 9.17) is 16.3 Å². The van der Waals surface area contributed by atoms with Gasteiger partial charge in [0.2, 0.25) is 0 Å². The van der Waals surface area contributed by atoms with Crippen LogP contribution in [-0.4, -0.2) is 28.1 Å². The van der Waals surface area contributed by atoms with Crippen LogP contribution >= 0.6 is 11.6 Å². The van der Waals surface area contributed by atoms with Crippen molar-refractivity contribution in [2.45, 2.75) is 38.8 Å². The number of halogens is 1. The van der Waals surface area contributed by atoms with Gasteiger partial charge in [-0.15, -0.1) is 0 Å². The Balaban J connectivity index is 2.16. The van der Waals surface area contributed by atoms with Crippen molar-refractivity contribution in [2.24, 2.45) is 5.92 Å². The van der Waals surface area contributed by atoms with E-state index in [1.165, 1.54) is 0 Å². The summed E-state index contributed by atoms with van der Waals surface area (Å²) in [4.78, 5) is 0. The summed E-state index contributed by atoms with van der Waals surface area (Å²) >= 11 is 6.12. The van der Waals surface area contributed by atoms with Gasteiger partial charge in [0.1, 0.15) is 6.10 Å². The van der Waals surface area contributed by atoms with Crippen molar-refractivity contribution in [1.29, 1.82) is 0 Å². The van der Waals surface area contributed by atoms with Gasteiger partial charge >= 0.3 is 0 Å². The van der Waals surface area contributed by atoms with Crippen LogP contribution in [-0.2, 0) is 11.3 Å². The van der Waals surface area contributed by atoms with Crippen LogP contribution in [0, 0.1) is 5.92 Å². The SMILES string of the molecule is CCCn1ncc(Cl)c1C(O)C1CCOCC1. The number of hydrogen-bond donors (Lipinski definition) is 1. The first-order chi connectivity index (χ1) is 8.24. The largest absolute Gasteiger partial charge is 0.386 e. The van der Waals surface area contributed by atoms with Crippen LogP contribution < -0.4 is 0 Å². The molecule has 2 rings (SSSR count). The molecular weight excluding hydrogens is 240 g/mol. The Kier molecular flexibility index (Phi) is 4.42. The van der Waals surface area contributed by atoms with Crippen molar-refractivity contribution in [3.05, 3.63) is 16.9 Å². The van der Waals surface area contributed by atoms with Crippen molar-refractivity contribution >= 4 is 11.6 Å². The normalized spacial score (nSPS) is 19.5. The van der Waals surface area contributed by atoms with Gasteiger partial charge in [0.15, 0.2) is 0 Å². The Bertz CT molecular complexity index is 361. The maximum atomic E-state index is 10.4. The summed E-state index contributed by atoms with van der Waals surface area (Å²) in [5.41, 5.74) is 0.764. The average molecular weight is 259 g/mol. The Morgan fingerprint density at radius 2 is 2.29 bits per heavy atom. The molecule has 5 heteroatoms. The zero-order valence-corrected chi connectivity index (χ0v) is 10.9. The summed E-state index contributed by atoms with van der Waals surface area (Å²) in [7, 11) is 0. The van der Waals surface area contributed by atoms with E-state index < -0.39 is 6.10 Å². The first-order valence-corrected chi connectivity index (χ1v) is 6.58. The lowest BCUT2D eigenvalue weighted by molar-refractivity contribution is 0.00383. The van der Waals surface area contributed by atoms with Crippen LogP contribution in [0.5, 0.6) is 0 Å². The fourth-order valence-electron chi connectivity index (χ4n) is 2.31. The molecule has 1 fully saturated rings. The van der Waals surface area contributed by atoms with Crippen molar-refractivity contribution < 1.29 is 9.84 Å². The van der Waals surface area contributed by atoms with Crippen molar-refractivity contribution in [3.63, 3.8) is 0 Å². The third-order valence-corrected chi connectivity index (χ3v) is 3.55. The van der Waals surface area contributed by atoms with Gasteiger partial charge in [-0.2, -0.15) is 5.10 Å². The number of rotatable bonds is 4. The summed E-state index contributed by atoms with van der Waals surface area (Å²) < 4.78 is 7.13. The van der Waals surface area contributed by atoms with E-state index >= 15 is 0 Å². The number of nitrogens with zero attached hydrogens (tertiary/aromatic N) is 2. The second-order valence-electron chi connectivity index (χ2n) is 4.50. The monoisotopic (exact) mass is 258 g/mol. The van der Waals surface area contributed by atoms with Crippen LogP contribution in [0.1, 0.15) is 38.0 Å². The molecule has 1 aliphatic heterocycles. The lowest BCUT2D eigenvalue weighted by Crippen LogP contribution is -2.24. The first-order valence-electron chi connectivity index (χ1n) is 6.21. The minimum atomic E-state index is -0.527. The van der Waals surface area contributed by atoms with Crippen LogP contribution in [0.15, 0.2) is 6.20 Å². The molecule has 1 aliphatic rings. The third kappa shape index (κ3) is 2.81. The minimum absolute atomic E-state index is 0.230. The predicted octanol–water partition coefficient (Wildman–Crippen LogP) is 2.41. The van der Waals surface area contributed by atoms with E-state index in [2.05, 4.69) is 12.0 Å². The highest BCUT2D eigenvalue weighted by atomic mass is 35.5. The number of hydrogen-bond acceptors (Lipinski definition) is 3. The summed E-state index contributed by atoms with van der Waals surface area (Å²) in [6, 6.07) is 0. The molecule has 0 amide bonds. The van der Waals surface area contributed by atoms with E-state index in [1.54, 1.807) is 6.20 Å². The van der Waals surface area contributed by atoms with Gasteiger partial charge in [0.05, 0.1) is 16.9 Å². The smallest absolute Gasteiger partial charge is 0.100 e. The average Bonchev–Trinajstić information content (AvgIpc) is 2.71. The summed E-state index contributed by atoms with van der Waals surface area (Å²) in [6.45, 7) is 4.32. The Morgan fingerprint density at radius 3 is 2.94 bits per heavy atom. The van der Waals surface area contributed by atoms with Crippen LogP contribution in [0.25, 0.3) is 0 Å². The van der Waals surface area contributed by atoms with Gasteiger partial charge in [0, 0.05) is 19.8 Å². The molecule has 0 bridgehead atoms. The molecule has 2 heterocycles. The van der Waals surface area contributed by atoms with Crippen molar-refractivity contribution in [3.8, 4) is 0 Å². The molecule has 1 atom stereocenters. The Hall–Kier alpha value is -0.580. The molecule has 0 aliphatic carbocycles. The number of aromatic nitrogens is 2. The van der Waals surface area contributed by atoms with E-state index in [0.717, 1.165) is 44.7 Å². The summed E-state index contributed by atoms with van der Waals surface area (Å²) in [6.07, 6.45) is 3.84. The standard InChI is InChI=1S/C12H19ClN2O2/c1-2-5-15-11(10(13)8-14-15)12(16)9-3-6-17-7-4-9/h8-9,12,16H,2-7H2,1H3. The molecule has 17 heavy (non-hydrogen) atoms. The van der Waals surface area contributed by atoms with Gasteiger partial charge in [-0.05, 0) is 25.2 Å². The topological polar surface area (TPSA) is 47.3 Å². The van der Waals surface area contributed by atoms with Crippen LogP contribution in [0.3, 0.4) is 0 Å². The van der Waals surface area contributed by atoms with E-state index in [-0.39, 0.29) is 5.92 Å². The molecule has 1 aromatic heterocycles. The summed E-state index contributed by atoms with van der Waals surface area (Å²) in [5, 5.41) is 15.2. The quantitative estimate of drug-likeness (QED) is 0.902. The number of aryl methyl sites for hydroxylation is 1. The Morgan fingerprint density at radius 1 is 1.59 bits per heavy atom. The van der Waals surface area contributed by atoms with Crippen molar-refractivity contribution in [1.82, 2.24) is 9.78 Å². The van der Waals surface area contributed by atoms with Gasteiger partial charge < -0.3 is 9.84 Å². The number of aliphatic hydroxyl groups excluding tert-OH is 1. The van der Waals surface area contributed by atoms with Crippen LogP contribution in [0.4, 0.5) is 0 Å². The molecule has 1 saturated heterocycles. The molecule has 0 spiro atoms. The lowest BCUT2D eigenvalue weighted by Gasteiger charge is -2.27. The predicted molar refractivity (Wildman–Crippen MR) is 66.0 cm³/mol. The molecule has 96 valence electrons. The highest BCUT2D eigenvalue weighted by Crippen LogP contribution is 2.33. The fraction of sp³-hybridized carbons (Fsp3) is 0.750. The molecule has 1 N–H and O–H groups in total. The fourth-order valence-corrected chi connectivity index (χ4v) is 2.56. The molecule has 0 radical (unpaired) electrons. The third-order valence-electron chi connectivity index (χ3n) is 3.26. The van der Waals surface area contributed by atoms with E-state index in [1.807, 2.05) is 4.68 Å². The molecule has 0 aromatic carbocycles. The van der Waals surface area contributed by atoms with E-state index in [9.17, 15) is 5.11 Å². The highest BCUT2D eigenvalue weighted by Gasteiger charge is 2.28. The molecule has 0 saturated carbocycles. The molecule has 1 unspecified atom stereocenters. The second kappa shape index (κ2) is 5.85. The first kappa shape index (κ1) is 12.9. The molecule has 1 aromatic rings. The maximum Gasteiger partial charge on any atom is 0.100 e. The summed E-state index contributed by atoms with van der Waals surface area (Å²) in [5.74, 6) is 0.230. The zero-order valence-electron chi connectivity index (χ0n) is 10.1. The van der Waals surface area contributed by atoms with Crippen molar-refractivity contribution in [2.75, 3.05) is 13.2 Å². The number of ether oxygens (including phenoxy) is 1. The highest BCUT2D eigenvalue weighted by molar-refractivity contribution is 6.31. The van der Waals surface area contributed by atoms with Gasteiger partial charge in [0.25, 0.3) is 0 Å². The van der Waals surface area contributed by atoms with Gasteiger partial charge in [-0.25, -0.2) is 0 Å². The molecular formula is C12H19ClN2O2. The van der Waals surface area contributed by atoms with E-state index in [0.29, 0.717) is 5.02 Å². The molecule has 4 nitrogen and oxygen atoms in total. The van der Waals surface area contributed by atoms with Gasteiger partial charge in [-0.1, -0.05) is 18.5 Å².